The predicted octanol–water partition coefficient (Wildman–Crippen LogP) is 4.56. The second-order valence-electron chi connectivity index (χ2n) is 6.98. The van der Waals surface area contributed by atoms with Gasteiger partial charge in [-0.05, 0) is 17.7 Å². The number of hydrogen-bond acceptors (Lipinski definition) is 6. The van der Waals surface area contributed by atoms with Gasteiger partial charge in [-0.1, -0.05) is 28.1 Å². The summed E-state index contributed by atoms with van der Waals surface area (Å²) in [5.74, 6) is 2.02. The summed E-state index contributed by atoms with van der Waals surface area (Å²) < 4.78 is 11.8. The number of nitrogens with one attached hydrogen (secondary N) is 1. The Morgan fingerprint density at radius 2 is 1.79 bits per heavy atom. The summed E-state index contributed by atoms with van der Waals surface area (Å²) in [7, 11) is 3.27. The molecule has 2 aromatic carbocycles. The van der Waals surface area contributed by atoms with Crippen molar-refractivity contribution in [2.75, 3.05) is 26.1 Å². The topological polar surface area (TPSA) is 59.5 Å². The highest BCUT2D eigenvalue weighted by molar-refractivity contribution is 9.10. The largest absolute Gasteiger partial charge is 0.497 e. The maximum atomic E-state index is 5.32. The van der Waals surface area contributed by atoms with Gasteiger partial charge in [-0.3, -0.25) is 4.90 Å². The minimum absolute atomic E-state index is 0.584. The van der Waals surface area contributed by atoms with Gasteiger partial charge in [0, 0.05) is 66.2 Å². The van der Waals surface area contributed by atoms with Crippen LogP contribution in [0.2, 0.25) is 0 Å². The molecule has 0 unspecified atom stereocenters. The molecule has 6 nitrogen and oxygen atoms in total. The van der Waals surface area contributed by atoms with Crippen LogP contribution in [0.4, 0.5) is 11.6 Å². The molecule has 7 heteroatoms. The highest BCUT2D eigenvalue weighted by Crippen LogP contribution is 2.28. The van der Waals surface area contributed by atoms with Crippen molar-refractivity contribution in [3.05, 3.63) is 70.0 Å². The van der Waals surface area contributed by atoms with Crippen molar-refractivity contribution in [3.63, 3.8) is 0 Å². The van der Waals surface area contributed by atoms with Crippen molar-refractivity contribution in [1.29, 1.82) is 0 Å². The summed E-state index contributed by atoms with van der Waals surface area (Å²) in [4.78, 5) is 11.7. The molecule has 3 aromatic rings. The summed E-state index contributed by atoms with van der Waals surface area (Å²) in [5.41, 5.74) is 4.42. The number of halogens is 1. The van der Waals surface area contributed by atoms with Crippen LogP contribution in [-0.4, -0.2) is 35.6 Å². The number of hydrogen-bond donors (Lipinski definition) is 1. The van der Waals surface area contributed by atoms with Crippen LogP contribution in [0.5, 0.6) is 11.5 Å². The van der Waals surface area contributed by atoms with E-state index >= 15 is 0 Å². The second kappa shape index (κ2) is 8.80. The van der Waals surface area contributed by atoms with Crippen molar-refractivity contribution in [1.82, 2.24) is 14.9 Å². The minimum atomic E-state index is 0.584. The Morgan fingerprint density at radius 3 is 2.48 bits per heavy atom. The second-order valence-corrected chi connectivity index (χ2v) is 7.89. The lowest BCUT2D eigenvalue weighted by Crippen LogP contribution is -2.31. The SMILES string of the molecule is COc1cc(Nc2ncc3c(n2)CCN(Cc2ccc(Br)cc2)C3)cc(OC)c1. The monoisotopic (exact) mass is 454 g/mol. The summed E-state index contributed by atoms with van der Waals surface area (Å²) >= 11 is 3.49. The summed E-state index contributed by atoms with van der Waals surface area (Å²) in [6.45, 7) is 2.77. The Kier molecular flexibility index (Phi) is 5.97. The van der Waals surface area contributed by atoms with E-state index in [9.17, 15) is 0 Å². The van der Waals surface area contributed by atoms with Gasteiger partial charge in [-0.15, -0.1) is 0 Å². The summed E-state index contributed by atoms with van der Waals surface area (Å²) in [6, 6.07) is 14.1. The first-order chi connectivity index (χ1) is 14.1. The number of benzene rings is 2. The molecule has 0 atom stereocenters. The van der Waals surface area contributed by atoms with Gasteiger partial charge in [0.1, 0.15) is 11.5 Å². The molecule has 1 aliphatic heterocycles. The zero-order valence-corrected chi connectivity index (χ0v) is 18.1. The molecule has 0 saturated heterocycles. The zero-order chi connectivity index (χ0) is 20.2. The zero-order valence-electron chi connectivity index (χ0n) is 16.5. The van der Waals surface area contributed by atoms with Gasteiger partial charge in [0.05, 0.1) is 19.9 Å². The first kappa shape index (κ1) is 19.7. The van der Waals surface area contributed by atoms with Crippen molar-refractivity contribution in [2.24, 2.45) is 0 Å². The van der Waals surface area contributed by atoms with E-state index in [4.69, 9.17) is 14.5 Å². The van der Waals surface area contributed by atoms with Gasteiger partial charge in [0.25, 0.3) is 0 Å². The standard InChI is InChI=1S/C22H23BrN4O2/c1-28-19-9-18(10-20(11-19)29-2)25-22-24-12-16-14-27(8-7-21(16)26-22)13-15-3-5-17(23)6-4-15/h3-6,9-12H,7-8,13-14H2,1-2H3,(H,24,25,26). The molecule has 2 heterocycles. The van der Waals surface area contributed by atoms with Gasteiger partial charge in [0.2, 0.25) is 5.95 Å². The van der Waals surface area contributed by atoms with E-state index in [1.54, 1.807) is 14.2 Å². The third-order valence-electron chi connectivity index (χ3n) is 4.94. The Bertz CT molecular complexity index is 972. The predicted molar refractivity (Wildman–Crippen MR) is 117 cm³/mol. The molecule has 150 valence electrons. The number of fused-ring (bicyclic) bond motifs is 1. The van der Waals surface area contributed by atoms with Crippen molar-refractivity contribution < 1.29 is 9.47 Å². The highest BCUT2D eigenvalue weighted by Gasteiger charge is 2.19. The number of aromatic nitrogens is 2. The van der Waals surface area contributed by atoms with Crippen LogP contribution in [0.15, 0.2) is 53.1 Å². The van der Waals surface area contributed by atoms with Gasteiger partial charge >= 0.3 is 0 Å². The molecule has 0 saturated carbocycles. The molecule has 1 aromatic heterocycles. The lowest BCUT2D eigenvalue weighted by atomic mass is 10.1. The quantitative estimate of drug-likeness (QED) is 0.588. The molecule has 0 aliphatic carbocycles. The van der Waals surface area contributed by atoms with Crippen LogP contribution < -0.4 is 14.8 Å². The molecule has 1 aliphatic rings. The average molecular weight is 455 g/mol. The van der Waals surface area contributed by atoms with Crippen LogP contribution >= 0.6 is 15.9 Å². The number of ether oxygens (including phenoxy) is 2. The van der Waals surface area contributed by atoms with E-state index < -0.39 is 0 Å². The Morgan fingerprint density at radius 1 is 1.07 bits per heavy atom. The third-order valence-corrected chi connectivity index (χ3v) is 5.47. The van der Waals surface area contributed by atoms with Gasteiger partial charge in [0.15, 0.2) is 0 Å². The molecule has 29 heavy (non-hydrogen) atoms. The fourth-order valence-electron chi connectivity index (χ4n) is 3.43. The van der Waals surface area contributed by atoms with Gasteiger partial charge in [-0.2, -0.15) is 0 Å². The van der Waals surface area contributed by atoms with E-state index in [-0.39, 0.29) is 0 Å². The number of methoxy groups -OCH3 is 2. The smallest absolute Gasteiger partial charge is 0.227 e. The Hall–Kier alpha value is -2.64. The molecule has 0 spiro atoms. The first-order valence-electron chi connectivity index (χ1n) is 9.44. The van der Waals surface area contributed by atoms with Crippen molar-refractivity contribution in [3.8, 4) is 11.5 Å². The van der Waals surface area contributed by atoms with E-state index in [2.05, 4.69) is 55.4 Å². The van der Waals surface area contributed by atoms with Gasteiger partial charge in [-0.25, -0.2) is 9.97 Å². The molecular weight excluding hydrogens is 432 g/mol. The van der Waals surface area contributed by atoms with Crippen molar-refractivity contribution >= 4 is 27.6 Å². The molecule has 0 fully saturated rings. The van der Waals surface area contributed by atoms with E-state index in [0.29, 0.717) is 17.4 Å². The van der Waals surface area contributed by atoms with E-state index in [1.807, 2.05) is 24.4 Å². The van der Waals surface area contributed by atoms with E-state index in [0.717, 1.165) is 41.9 Å². The van der Waals surface area contributed by atoms with E-state index in [1.165, 1.54) is 11.1 Å². The maximum absolute atomic E-state index is 5.32. The third kappa shape index (κ3) is 4.86. The fraction of sp³-hybridized carbons (Fsp3) is 0.273. The number of nitrogens with zero attached hydrogens (tertiary/aromatic N) is 3. The molecule has 0 amide bonds. The van der Waals surface area contributed by atoms with Crippen LogP contribution in [-0.2, 0) is 19.5 Å². The van der Waals surface area contributed by atoms with Gasteiger partial charge < -0.3 is 14.8 Å². The number of rotatable bonds is 6. The highest BCUT2D eigenvalue weighted by atomic mass is 79.9. The molecule has 1 N–H and O–H groups in total. The van der Waals surface area contributed by atoms with Crippen LogP contribution in [0.1, 0.15) is 16.8 Å². The Labute approximate surface area is 179 Å². The minimum Gasteiger partial charge on any atom is -0.497 e. The molecule has 4 rings (SSSR count). The lowest BCUT2D eigenvalue weighted by molar-refractivity contribution is 0.243. The summed E-state index contributed by atoms with van der Waals surface area (Å²) in [6.07, 6.45) is 2.83. The maximum Gasteiger partial charge on any atom is 0.227 e. The summed E-state index contributed by atoms with van der Waals surface area (Å²) in [5, 5.41) is 3.26. The van der Waals surface area contributed by atoms with Crippen LogP contribution in [0, 0.1) is 0 Å². The normalized spacial score (nSPS) is 13.6. The fourth-order valence-corrected chi connectivity index (χ4v) is 3.69. The van der Waals surface area contributed by atoms with Crippen LogP contribution in [0.25, 0.3) is 0 Å². The lowest BCUT2D eigenvalue weighted by Gasteiger charge is -2.28. The first-order valence-corrected chi connectivity index (χ1v) is 10.2. The molecular formula is C22H23BrN4O2. The van der Waals surface area contributed by atoms with Crippen LogP contribution in [0.3, 0.4) is 0 Å². The average Bonchev–Trinajstić information content (AvgIpc) is 2.75. The molecule has 0 radical (unpaired) electrons. The Balaban J connectivity index is 1.45. The molecule has 0 bridgehead atoms. The number of anilines is 2. The van der Waals surface area contributed by atoms with Crippen molar-refractivity contribution in [2.45, 2.75) is 19.5 Å².